The van der Waals surface area contributed by atoms with Crippen molar-refractivity contribution >= 4 is 33.6 Å². The molecule has 0 saturated heterocycles. The number of imidazole rings is 1. The van der Waals surface area contributed by atoms with Gasteiger partial charge in [-0.25, -0.2) is 13.8 Å². The Morgan fingerprint density at radius 1 is 1.11 bits per heavy atom. The van der Waals surface area contributed by atoms with Crippen LogP contribution >= 0.6 is 22.6 Å². The third-order valence-corrected chi connectivity index (χ3v) is 3.57. The quantitative estimate of drug-likeness (QED) is 0.653. The van der Waals surface area contributed by atoms with Crippen LogP contribution in [0.5, 0.6) is 0 Å². The molecule has 0 radical (unpaired) electrons. The number of rotatable bonds is 1. The summed E-state index contributed by atoms with van der Waals surface area (Å²) in [5.41, 5.74) is 1.39. The molecule has 0 aliphatic heterocycles. The van der Waals surface area contributed by atoms with Gasteiger partial charge in [0.1, 0.15) is 17.2 Å². The zero-order chi connectivity index (χ0) is 12.7. The summed E-state index contributed by atoms with van der Waals surface area (Å²) < 4.78 is 27.6. The van der Waals surface area contributed by atoms with Gasteiger partial charge in [0.05, 0.1) is 5.52 Å². The predicted octanol–water partition coefficient (Wildman–Crippen LogP) is 4.11. The van der Waals surface area contributed by atoms with Crippen LogP contribution in [0.1, 0.15) is 0 Å². The average molecular weight is 356 g/mol. The molecule has 1 aromatic heterocycles. The zero-order valence-corrected chi connectivity index (χ0v) is 11.2. The van der Waals surface area contributed by atoms with E-state index < -0.39 is 11.6 Å². The molecule has 0 fully saturated rings. The van der Waals surface area contributed by atoms with E-state index in [0.29, 0.717) is 11.3 Å². The first-order valence-corrected chi connectivity index (χ1v) is 6.32. The van der Waals surface area contributed by atoms with Gasteiger partial charge in [0.15, 0.2) is 5.82 Å². The highest BCUT2D eigenvalue weighted by Crippen LogP contribution is 2.26. The molecule has 18 heavy (non-hydrogen) atoms. The van der Waals surface area contributed by atoms with Crippen LogP contribution in [0.4, 0.5) is 8.78 Å². The van der Waals surface area contributed by atoms with Crippen LogP contribution in [0.25, 0.3) is 22.4 Å². The molecule has 0 bridgehead atoms. The lowest BCUT2D eigenvalue weighted by Gasteiger charge is -1.98. The molecule has 0 aliphatic carbocycles. The molecule has 2 aromatic carbocycles. The van der Waals surface area contributed by atoms with Crippen molar-refractivity contribution < 1.29 is 8.78 Å². The standard InChI is InChI=1S/C13H7F2IN2/c14-7-5-9(15)12-11(6-7)17-13(18-12)8-3-1-2-4-10(8)16/h1-6H,(H,17,18). The number of benzene rings is 2. The van der Waals surface area contributed by atoms with Crippen molar-refractivity contribution in [1.82, 2.24) is 9.97 Å². The van der Waals surface area contributed by atoms with Gasteiger partial charge in [0, 0.05) is 15.2 Å². The second-order valence-corrected chi connectivity index (χ2v) is 5.01. The topological polar surface area (TPSA) is 28.7 Å². The number of nitrogens with one attached hydrogen (secondary N) is 1. The number of aromatic nitrogens is 2. The van der Waals surface area contributed by atoms with Gasteiger partial charge in [0.2, 0.25) is 0 Å². The summed E-state index contributed by atoms with van der Waals surface area (Å²) in [7, 11) is 0. The minimum absolute atomic E-state index is 0.158. The van der Waals surface area contributed by atoms with E-state index in [-0.39, 0.29) is 5.52 Å². The van der Waals surface area contributed by atoms with Crippen LogP contribution in [0.15, 0.2) is 36.4 Å². The van der Waals surface area contributed by atoms with Crippen molar-refractivity contribution in [3.8, 4) is 11.4 Å². The number of hydrogen-bond donors (Lipinski definition) is 1. The van der Waals surface area contributed by atoms with E-state index >= 15 is 0 Å². The van der Waals surface area contributed by atoms with Crippen LogP contribution in [0.3, 0.4) is 0 Å². The molecule has 0 unspecified atom stereocenters. The highest BCUT2D eigenvalue weighted by molar-refractivity contribution is 14.1. The second-order valence-electron chi connectivity index (χ2n) is 3.85. The number of aromatic amines is 1. The molecular weight excluding hydrogens is 349 g/mol. The fourth-order valence-electron chi connectivity index (χ4n) is 1.82. The lowest BCUT2D eigenvalue weighted by molar-refractivity contribution is 0.591. The van der Waals surface area contributed by atoms with Crippen molar-refractivity contribution in [3.63, 3.8) is 0 Å². The lowest BCUT2D eigenvalue weighted by atomic mass is 10.2. The Morgan fingerprint density at radius 2 is 1.89 bits per heavy atom. The van der Waals surface area contributed by atoms with E-state index in [1.165, 1.54) is 6.07 Å². The summed E-state index contributed by atoms with van der Waals surface area (Å²) in [6.45, 7) is 0. The van der Waals surface area contributed by atoms with Gasteiger partial charge in [-0.05, 0) is 34.7 Å². The lowest BCUT2D eigenvalue weighted by Crippen LogP contribution is -1.84. The largest absolute Gasteiger partial charge is 0.338 e. The molecule has 0 spiro atoms. The maximum atomic E-state index is 13.6. The molecule has 0 amide bonds. The van der Waals surface area contributed by atoms with Gasteiger partial charge in [-0.2, -0.15) is 0 Å². The van der Waals surface area contributed by atoms with Gasteiger partial charge in [0.25, 0.3) is 0 Å². The van der Waals surface area contributed by atoms with Gasteiger partial charge in [-0.15, -0.1) is 0 Å². The SMILES string of the molecule is Fc1cc(F)c2nc(-c3ccccc3I)[nH]c2c1. The Hall–Kier alpha value is -1.50. The molecule has 3 rings (SSSR count). The first-order chi connectivity index (χ1) is 8.65. The number of halogens is 3. The van der Waals surface area contributed by atoms with Gasteiger partial charge >= 0.3 is 0 Å². The van der Waals surface area contributed by atoms with Crippen LogP contribution in [0.2, 0.25) is 0 Å². The first kappa shape index (κ1) is 11.6. The van der Waals surface area contributed by atoms with Gasteiger partial charge < -0.3 is 4.98 Å². The molecule has 90 valence electrons. The molecule has 1 heterocycles. The Balaban J connectivity index is 2.26. The van der Waals surface area contributed by atoms with Crippen LogP contribution in [0, 0.1) is 15.2 Å². The Kier molecular flexibility index (Phi) is 2.77. The van der Waals surface area contributed by atoms with Crippen molar-refractivity contribution in [1.29, 1.82) is 0 Å². The third kappa shape index (κ3) is 1.88. The molecule has 0 saturated carbocycles. The summed E-state index contributed by atoms with van der Waals surface area (Å²) in [6.07, 6.45) is 0. The van der Waals surface area contributed by atoms with Crippen molar-refractivity contribution in [3.05, 3.63) is 51.6 Å². The monoisotopic (exact) mass is 356 g/mol. The highest BCUT2D eigenvalue weighted by Gasteiger charge is 2.12. The molecule has 1 N–H and O–H groups in total. The number of hydrogen-bond acceptors (Lipinski definition) is 1. The molecule has 0 aliphatic rings. The molecule has 5 heteroatoms. The molecule has 0 atom stereocenters. The molecular formula is C13H7F2IN2. The van der Waals surface area contributed by atoms with Gasteiger partial charge in [-0.1, -0.05) is 18.2 Å². The van der Waals surface area contributed by atoms with Crippen molar-refractivity contribution in [2.45, 2.75) is 0 Å². The summed E-state index contributed by atoms with van der Waals surface area (Å²) in [5.74, 6) is -0.726. The van der Waals surface area contributed by atoms with E-state index in [1.807, 2.05) is 24.3 Å². The summed E-state index contributed by atoms with van der Waals surface area (Å²) >= 11 is 2.18. The Bertz CT molecular complexity index is 737. The van der Waals surface area contributed by atoms with E-state index in [2.05, 4.69) is 32.6 Å². The highest BCUT2D eigenvalue weighted by atomic mass is 127. The van der Waals surface area contributed by atoms with E-state index in [9.17, 15) is 8.78 Å². The van der Waals surface area contributed by atoms with E-state index in [0.717, 1.165) is 15.2 Å². The summed E-state index contributed by atoms with van der Waals surface area (Å²) in [6, 6.07) is 9.68. The smallest absolute Gasteiger partial charge is 0.153 e. The molecule has 3 aromatic rings. The fourth-order valence-corrected chi connectivity index (χ4v) is 2.47. The van der Waals surface area contributed by atoms with Crippen molar-refractivity contribution in [2.75, 3.05) is 0 Å². The fraction of sp³-hybridized carbons (Fsp3) is 0. The third-order valence-electron chi connectivity index (χ3n) is 2.63. The second kappa shape index (κ2) is 4.31. The summed E-state index contributed by atoms with van der Waals surface area (Å²) in [4.78, 5) is 7.12. The van der Waals surface area contributed by atoms with Crippen LogP contribution in [-0.4, -0.2) is 9.97 Å². The normalized spacial score (nSPS) is 11.1. The van der Waals surface area contributed by atoms with Crippen molar-refractivity contribution in [2.24, 2.45) is 0 Å². The van der Waals surface area contributed by atoms with Gasteiger partial charge in [-0.3, -0.25) is 0 Å². The average Bonchev–Trinajstić information content (AvgIpc) is 2.73. The first-order valence-electron chi connectivity index (χ1n) is 5.25. The molecule has 2 nitrogen and oxygen atoms in total. The number of nitrogens with zero attached hydrogens (tertiary/aromatic N) is 1. The van der Waals surface area contributed by atoms with Crippen LogP contribution < -0.4 is 0 Å². The zero-order valence-electron chi connectivity index (χ0n) is 9.05. The number of fused-ring (bicyclic) bond motifs is 1. The minimum Gasteiger partial charge on any atom is -0.338 e. The minimum atomic E-state index is -0.654. The maximum Gasteiger partial charge on any atom is 0.153 e. The maximum absolute atomic E-state index is 13.6. The van der Waals surface area contributed by atoms with E-state index in [1.54, 1.807) is 0 Å². The number of H-pyrrole nitrogens is 1. The Morgan fingerprint density at radius 3 is 2.67 bits per heavy atom. The summed E-state index contributed by atoms with van der Waals surface area (Å²) in [5, 5.41) is 0. The Labute approximate surface area is 115 Å². The predicted molar refractivity (Wildman–Crippen MR) is 74.2 cm³/mol. The van der Waals surface area contributed by atoms with Crippen LogP contribution in [-0.2, 0) is 0 Å². The van der Waals surface area contributed by atoms with E-state index in [4.69, 9.17) is 0 Å².